The molecule has 0 bridgehead atoms. The number of carboxylic acids is 1. The number of carboxylic acid groups (broad SMARTS) is 1. The first kappa shape index (κ1) is 36.7. The molecule has 1 aromatic heterocycles. The van der Waals surface area contributed by atoms with E-state index in [1.165, 1.54) is 11.3 Å². The molecular formula is C35H47N5O5S. The smallest absolute Gasteiger partial charge is 0.310 e. The largest absolute Gasteiger partial charge is 0.481 e. The monoisotopic (exact) mass is 649 g/mol. The Labute approximate surface area is 277 Å². The first-order chi connectivity index (χ1) is 21.8. The number of carbonyl (C=O) groups is 2. The van der Waals surface area contributed by atoms with Crippen LogP contribution in [0.1, 0.15) is 101 Å². The van der Waals surface area contributed by atoms with E-state index in [1.54, 1.807) is 6.92 Å². The van der Waals surface area contributed by atoms with Gasteiger partial charge in [-0.2, -0.15) is 10.5 Å². The molecular weight excluding hydrogens is 602 g/mol. The van der Waals surface area contributed by atoms with Gasteiger partial charge in [-0.3, -0.25) is 9.59 Å². The molecule has 1 aromatic carbocycles. The van der Waals surface area contributed by atoms with Crippen molar-refractivity contribution in [2.75, 3.05) is 24.6 Å². The van der Waals surface area contributed by atoms with E-state index in [1.807, 2.05) is 32.9 Å². The van der Waals surface area contributed by atoms with Gasteiger partial charge in [0.15, 0.2) is 5.00 Å². The van der Waals surface area contributed by atoms with Gasteiger partial charge < -0.3 is 19.5 Å². The van der Waals surface area contributed by atoms with E-state index >= 15 is 0 Å². The lowest BCUT2D eigenvalue weighted by molar-refractivity contribution is -0.183. The van der Waals surface area contributed by atoms with Crippen molar-refractivity contribution in [2.45, 2.75) is 105 Å². The Morgan fingerprint density at radius 3 is 2.28 bits per heavy atom. The zero-order chi connectivity index (χ0) is 34.1. The Hall–Kier alpha value is -3.80. The summed E-state index contributed by atoms with van der Waals surface area (Å²) in [6.07, 6.45) is 4.75. The second-order valence-corrected chi connectivity index (χ2v) is 13.6. The number of azo groups is 1. The fourth-order valence-electron chi connectivity index (χ4n) is 5.60. The average Bonchev–Trinajstić information content (AvgIpc) is 3.37. The maximum atomic E-state index is 13.1. The molecule has 0 radical (unpaired) electrons. The zero-order valence-corrected chi connectivity index (χ0v) is 29.0. The average molecular weight is 650 g/mol. The molecule has 10 nitrogen and oxygen atoms in total. The maximum Gasteiger partial charge on any atom is 0.310 e. The molecule has 1 aliphatic rings. The van der Waals surface area contributed by atoms with Crippen molar-refractivity contribution in [3.8, 4) is 12.1 Å². The van der Waals surface area contributed by atoms with Crippen LogP contribution in [0.4, 0.5) is 16.4 Å². The lowest BCUT2D eigenvalue weighted by Crippen LogP contribution is -2.44. The summed E-state index contributed by atoms with van der Waals surface area (Å²) in [7, 11) is 0. The number of thiophene rings is 1. The van der Waals surface area contributed by atoms with Crippen molar-refractivity contribution in [1.29, 1.82) is 10.5 Å². The van der Waals surface area contributed by atoms with E-state index in [2.05, 4.69) is 54.1 Å². The minimum Gasteiger partial charge on any atom is -0.481 e. The summed E-state index contributed by atoms with van der Waals surface area (Å²) >= 11 is 1.17. The lowest BCUT2D eigenvalue weighted by atomic mass is 9.79. The van der Waals surface area contributed by atoms with E-state index < -0.39 is 35.0 Å². The van der Waals surface area contributed by atoms with Crippen molar-refractivity contribution in [1.82, 2.24) is 0 Å². The summed E-state index contributed by atoms with van der Waals surface area (Å²) in [5, 5.41) is 37.5. The number of esters is 1. The molecule has 2 aromatic rings. The fraction of sp³-hybridized carbons (Fsp3) is 0.600. The van der Waals surface area contributed by atoms with Gasteiger partial charge in [-0.25, -0.2) is 0 Å². The number of hydrogen-bond acceptors (Lipinski definition) is 10. The van der Waals surface area contributed by atoms with Gasteiger partial charge in [-0.1, -0.05) is 26.7 Å². The van der Waals surface area contributed by atoms with Gasteiger partial charge in [0, 0.05) is 18.8 Å². The molecule has 4 unspecified atom stereocenters. The molecule has 0 spiro atoms. The van der Waals surface area contributed by atoms with Gasteiger partial charge in [0.05, 0.1) is 35.3 Å². The number of aryl methyl sites for hydroxylation is 1. The molecule has 0 aliphatic heterocycles. The van der Waals surface area contributed by atoms with Crippen LogP contribution in [0.2, 0.25) is 0 Å². The van der Waals surface area contributed by atoms with E-state index in [0.717, 1.165) is 50.0 Å². The molecule has 4 atom stereocenters. The normalized spacial score (nSPS) is 19.1. The van der Waals surface area contributed by atoms with Crippen LogP contribution in [0.25, 0.3) is 0 Å². The Kier molecular flexibility index (Phi) is 12.9. The second-order valence-electron chi connectivity index (χ2n) is 12.6. The van der Waals surface area contributed by atoms with E-state index in [4.69, 9.17) is 9.47 Å². The first-order valence-electron chi connectivity index (χ1n) is 16.1. The van der Waals surface area contributed by atoms with E-state index in [0.29, 0.717) is 46.0 Å². The summed E-state index contributed by atoms with van der Waals surface area (Å²) in [4.78, 5) is 27.6. The molecule has 0 amide bonds. The molecule has 0 saturated heterocycles. The molecule has 1 aliphatic carbocycles. The standard InChI is InChI=1S/C35H47N5O5S/c1-8-34(6,44-22-35(7,9-2)45-33(43)27-14-12-11-13-26(27)32(41)42)17-18-40(10-3)25-15-16-29(23(4)19-25)38-39-31-28(20-36)24(5)30(21-37)46-31/h15-16,19,26-27H,8-14,17-18,22H2,1-7H3,(H,41,42)/b39-38+. The van der Waals surface area contributed by atoms with Crippen LogP contribution in [0, 0.1) is 48.3 Å². The van der Waals surface area contributed by atoms with Gasteiger partial charge in [0.25, 0.3) is 0 Å². The first-order valence-corrected chi connectivity index (χ1v) is 17.0. The Morgan fingerprint density at radius 1 is 1.04 bits per heavy atom. The lowest BCUT2D eigenvalue weighted by Gasteiger charge is -2.38. The summed E-state index contributed by atoms with van der Waals surface area (Å²) < 4.78 is 12.5. The topological polar surface area (TPSA) is 148 Å². The van der Waals surface area contributed by atoms with Crippen LogP contribution in [0.15, 0.2) is 28.4 Å². The number of aliphatic carboxylic acids is 1. The molecule has 1 heterocycles. The summed E-state index contributed by atoms with van der Waals surface area (Å²) in [5.74, 6) is -2.67. The van der Waals surface area contributed by atoms with Gasteiger partial charge in [0.2, 0.25) is 0 Å². The highest BCUT2D eigenvalue weighted by Gasteiger charge is 2.40. The van der Waals surface area contributed by atoms with Crippen LogP contribution in [-0.2, 0) is 19.1 Å². The van der Waals surface area contributed by atoms with Gasteiger partial charge in [-0.15, -0.1) is 21.6 Å². The van der Waals surface area contributed by atoms with Crippen LogP contribution in [-0.4, -0.2) is 47.9 Å². The predicted molar refractivity (Wildman–Crippen MR) is 179 cm³/mol. The van der Waals surface area contributed by atoms with E-state index in [9.17, 15) is 25.2 Å². The third-order valence-corrected chi connectivity index (χ3v) is 10.5. The maximum absolute atomic E-state index is 13.1. The third kappa shape index (κ3) is 8.92. The van der Waals surface area contributed by atoms with Crippen LogP contribution in [0.3, 0.4) is 0 Å². The predicted octanol–water partition coefficient (Wildman–Crippen LogP) is 8.53. The highest BCUT2D eigenvalue weighted by Crippen LogP contribution is 2.37. The van der Waals surface area contributed by atoms with Crippen molar-refractivity contribution >= 4 is 39.7 Å². The van der Waals surface area contributed by atoms with Crippen LogP contribution >= 0.6 is 11.3 Å². The molecule has 1 fully saturated rings. The van der Waals surface area contributed by atoms with E-state index in [-0.39, 0.29) is 6.61 Å². The van der Waals surface area contributed by atoms with Crippen LogP contribution < -0.4 is 4.90 Å². The number of benzene rings is 1. The minimum atomic E-state index is -0.929. The van der Waals surface area contributed by atoms with Gasteiger partial charge >= 0.3 is 11.9 Å². The number of rotatable bonds is 15. The number of ether oxygens (including phenoxy) is 2. The second kappa shape index (κ2) is 16.2. The molecule has 1 N–H and O–H groups in total. The summed E-state index contributed by atoms with van der Waals surface area (Å²) in [6.45, 7) is 15.5. The number of carbonyl (C=O) groups excluding carboxylic acids is 1. The Bertz CT molecular complexity index is 1510. The van der Waals surface area contributed by atoms with Crippen molar-refractivity contribution in [3.05, 3.63) is 39.8 Å². The number of hydrogen-bond donors (Lipinski definition) is 1. The Morgan fingerprint density at radius 2 is 1.72 bits per heavy atom. The van der Waals surface area contributed by atoms with Crippen molar-refractivity contribution in [3.63, 3.8) is 0 Å². The fourth-order valence-corrected chi connectivity index (χ4v) is 6.48. The summed E-state index contributed by atoms with van der Waals surface area (Å²) in [6, 6.07) is 10.2. The Balaban J connectivity index is 1.65. The molecule has 3 rings (SSSR count). The molecule has 1 saturated carbocycles. The third-order valence-electron chi connectivity index (χ3n) is 9.38. The minimum absolute atomic E-state index is 0.224. The molecule has 46 heavy (non-hydrogen) atoms. The van der Waals surface area contributed by atoms with Gasteiger partial charge in [-0.05, 0) is 96.0 Å². The number of nitriles is 2. The van der Waals surface area contributed by atoms with Crippen LogP contribution in [0.5, 0.6) is 0 Å². The highest BCUT2D eigenvalue weighted by molar-refractivity contribution is 7.16. The van der Waals surface area contributed by atoms with Gasteiger partial charge in [0.1, 0.15) is 22.6 Å². The quantitative estimate of drug-likeness (QED) is 0.149. The van der Waals surface area contributed by atoms with Crippen molar-refractivity contribution < 1.29 is 24.2 Å². The highest BCUT2D eigenvalue weighted by atomic mass is 32.1. The number of nitrogens with zero attached hydrogens (tertiary/aromatic N) is 5. The molecule has 11 heteroatoms. The SMILES string of the molecule is CCN(CCC(C)(CC)OCC(C)(CC)OC(=O)C1CCCCC1C(=O)O)c1ccc(/N=N/c2sc(C#N)c(C)c2C#N)c(C)c1. The number of anilines is 1. The van der Waals surface area contributed by atoms with Crippen molar-refractivity contribution in [2.24, 2.45) is 22.1 Å². The molecule has 248 valence electrons. The zero-order valence-electron chi connectivity index (χ0n) is 28.2. The summed E-state index contributed by atoms with van der Waals surface area (Å²) in [5.41, 5.74) is 2.36.